The van der Waals surface area contributed by atoms with Gasteiger partial charge in [-0.1, -0.05) is 36.2 Å². The van der Waals surface area contributed by atoms with E-state index in [1.807, 2.05) is 43.1 Å². The highest BCUT2D eigenvalue weighted by atomic mass is 16.5. The molecule has 0 spiro atoms. The maximum Gasteiger partial charge on any atom is 0.275 e. The summed E-state index contributed by atoms with van der Waals surface area (Å²) in [5.74, 6) is 2.06. The van der Waals surface area contributed by atoms with Gasteiger partial charge in [0.05, 0.1) is 10.9 Å². The van der Waals surface area contributed by atoms with Crippen LogP contribution in [0.15, 0.2) is 28.8 Å². The number of para-hydroxylation sites is 1. The van der Waals surface area contributed by atoms with Crippen LogP contribution in [0, 0.1) is 12.8 Å². The molecule has 146 valence electrons. The second kappa shape index (κ2) is 6.43. The normalized spacial score (nSPS) is 22.7. The van der Waals surface area contributed by atoms with Crippen LogP contribution in [0.4, 0.5) is 0 Å². The predicted molar refractivity (Wildman–Crippen MR) is 104 cm³/mol. The fraction of sp³-hybridized carbons (Fsp3) is 0.524. The summed E-state index contributed by atoms with van der Waals surface area (Å²) in [6.07, 6.45) is 5.49. The molecule has 5 rings (SSSR count). The molecule has 1 saturated carbocycles. The van der Waals surface area contributed by atoms with Crippen LogP contribution < -0.4 is 0 Å². The molecule has 2 fully saturated rings. The van der Waals surface area contributed by atoms with E-state index in [0.717, 1.165) is 42.5 Å². The first-order valence-corrected chi connectivity index (χ1v) is 10.1. The molecular weight excluding hydrogens is 354 g/mol. The van der Waals surface area contributed by atoms with Crippen LogP contribution in [-0.2, 0) is 12.5 Å². The van der Waals surface area contributed by atoms with Crippen LogP contribution in [0.1, 0.15) is 54.3 Å². The first-order chi connectivity index (χ1) is 13.6. The monoisotopic (exact) mass is 379 g/mol. The number of aryl methyl sites for hydroxylation is 2. The molecule has 1 aromatic carbocycles. The van der Waals surface area contributed by atoms with Crippen LogP contribution in [0.3, 0.4) is 0 Å². The molecule has 2 aromatic heterocycles. The number of likely N-dealkylation sites (tertiary alicyclic amines) is 1. The van der Waals surface area contributed by atoms with E-state index in [9.17, 15) is 4.79 Å². The van der Waals surface area contributed by atoms with Gasteiger partial charge in [-0.2, -0.15) is 10.1 Å². The third-order valence-electron chi connectivity index (χ3n) is 6.20. The maximum absolute atomic E-state index is 13.4. The van der Waals surface area contributed by atoms with Gasteiger partial charge < -0.3 is 9.42 Å². The smallest absolute Gasteiger partial charge is 0.275 e. The Morgan fingerprint density at radius 2 is 2.14 bits per heavy atom. The Balaban J connectivity index is 1.49. The molecule has 0 N–H and O–H groups in total. The van der Waals surface area contributed by atoms with E-state index >= 15 is 0 Å². The highest BCUT2D eigenvalue weighted by Crippen LogP contribution is 2.45. The third kappa shape index (κ3) is 2.89. The zero-order chi connectivity index (χ0) is 19.3. The molecule has 3 heterocycles. The number of hydrogen-bond acceptors (Lipinski definition) is 5. The van der Waals surface area contributed by atoms with Crippen molar-refractivity contribution >= 4 is 16.8 Å². The van der Waals surface area contributed by atoms with Gasteiger partial charge in [0.25, 0.3) is 5.91 Å². The minimum atomic E-state index is -0.211. The molecule has 1 amide bonds. The zero-order valence-electron chi connectivity index (χ0n) is 16.4. The Labute approximate surface area is 163 Å². The van der Waals surface area contributed by atoms with Crippen molar-refractivity contribution in [2.24, 2.45) is 13.0 Å². The van der Waals surface area contributed by atoms with E-state index < -0.39 is 0 Å². The fourth-order valence-electron chi connectivity index (χ4n) is 4.66. The average molecular weight is 379 g/mol. The summed E-state index contributed by atoms with van der Waals surface area (Å²) in [5.41, 5.74) is 1.29. The standard InChI is InChI=1S/C21H25N5O2/c1-14-22-20(24-28-14)21(12-15-8-9-15)10-5-11-26(13-21)19(27)18-16-6-3-4-7-17(16)25(2)23-18/h3-4,6-7,15H,5,8-13H2,1-2H3. The molecule has 3 aromatic rings. The highest BCUT2D eigenvalue weighted by Gasteiger charge is 2.46. The minimum absolute atomic E-state index is 0.00288. The summed E-state index contributed by atoms with van der Waals surface area (Å²) in [5, 5.41) is 9.71. The molecule has 7 heteroatoms. The van der Waals surface area contributed by atoms with E-state index in [-0.39, 0.29) is 11.3 Å². The number of rotatable bonds is 4. The van der Waals surface area contributed by atoms with E-state index in [0.29, 0.717) is 24.0 Å². The first kappa shape index (κ1) is 17.4. The Morgan fingerprint density at radius 3 is 2.89 bits per heavy atom. The summed E-state index contributed by atoms with van der Waals surface area (Å²) < 4.78 is 7.09. The minimum Gasteiger partial charge on any atom is -0.340 e. The number of carbonyl (C=O) groups is 1. The average Bonchev–Trinajstić information content (AvgIpc) is 3.29. The van der Waals surface area contributed by atoms with Gasteiger partial charge >= 0.3 is 0 Å². The molecule has 1 saturated heterocycles. The van der Waals surface area contributed by atoms with Gasteiger partial charge in [0, 0.05) is 32.4 Å². The molecule has 7 nitrogen and oxygen atoms in total. The summed E-state index contributed by atoms with van der Waals surface area (Å²) in [6, 6.07) is 7.89. The number of hydrogen-bond donors (Lipinski definition) is 0. The number of carbonyl (C=O) groups excluding carboxylic acids is 1. The van der Waals surface area contributed by atoms with Gasteiger partial charge in [-0.05, 0) is 31.2 Å². The van der Waals surface area contributed by atoms with Gasteiger partial charge in [0.15, 0.2) is 11.5 Å². The van der Waals surface area contributed by atoms with Crippen molar-refractivity contribution in [1.29, 1.82) is 0 Å². The molecule has 28 heavy (non-hydrogen) atoms. The van der Waals surface area contributed by atoms with E-state index in [1.165, 1.54) is 12.8 Å². The summed E-state index contributed by atoms with van der Waals surface area (Å²) in [6.45, 7) is 3.20. The molecule has 0 bridgehead atoms. The van der Waals surface area contributed by atoms with Crippen molar-refractivity contribution in [3.05, 3.63) is 41.7 Å². The van der Waals surface area contributed by atoms with Crippen LogP contribution in [0.25, 0.3) is 10.9 Å². The van der Waals surface area contributed by atoms with Crippen molar-refractivity contribution in [2.75, 3.05) is 13.1 Å². The number of aromatic nitrogens is 4. The molecular formula is C21H25N5O2. The molecule has 1 atom stereocenters. The van der Waals surface area contributed by atoms with Crippen LogP contribution in [0.5, 0.6) is 0 Å². The van der Waals surface area contributed by atoms with Gasteiger partial charge in [-0.25, -0.2) is 0 Å². The topological polar surface area (TPSA) is 77.1 Å². The van der Waals surface area contributed by atoms with Crippen molar-refractivity contribution < 1.29 is 9.32 Å². The molecule has 1 aliphatic carbocycles. The lowest BCUT2D eigenvalue weighted by molar-refractivity contribution is 0.0602. The van der Waals surface area contributed by atoms with Gasteiger partial charge in [0.1, 0.15) is 0 Å². The van der Waals surface area contributed by atoms with E-state index in [2.05, 4.69) is 15.2 Å². The Kier molecular flexibility index (Phi) is 4.00. The number of amides is 1. The largest absolute Gasteiger partial charge is 0.340 e. The van der Waals surface area contributed by atoms with Gasteiger partial charge in [-0.3, -0.25) is 9.48 Å². The lowest BCUT2D eigenvalue weighted by Crippen LogP contribution is -2.49. The Morgan fingerprint density at radius 1 is 1.32 bits per heavy atom. The molecule has 2 aliphatic rings. The maximum atomic E-state index is 13.4. The highest BCUT2D eigenvalue weighted by molar-refractivity contribution is 6.04. The van der Waals surface area contributed by atoms with Gasteiger partial charge in [0.2, 0.25) is 5.89 Å². The molecule has 1 unspecified atom stereocenters. The zero-order valence-corrected chi connectivity index (χ0v) is 16.4. The van der Waals surface area contributed by atoms with E-state index in [4.69, 9.17) is 4.52 Å². The first-order valence-electron chi connectivity index (χ1n) is 10.1. The van der Waals surface area contributed by atoms with Crippen molar-refractivity contribution in [1.82, 2.24) is 24.8 Å². The Bertz CT molecular complexity index is 1030. The number of piperidine rings is 1. The lowest BCUT2D eigenvalue weighted by Gasteiger charge is -2.41. The van der Waals surface area contributed by atoms with Crippen LogP contribution >= 0.6 is 0 Å². The second-order valence-corrected chi connectivity index (χ2v) is 8.38. The fourth-order valence-corrected chi connectivity index (χ4v) is 4.66. The quantitative estimate of drug-likeness (QED) is 0.695. The molecule has 1 aliphatic heterocycles. The van der Waals surface area contributed by atoms with Crippen LogP contribution in [-0.4, -0.2) is 43.8 Å². The lowest BCUT2D eigenvalue weighted by atomic mass is 9.74. The van der Waals surface area contributed by atoms with Crippen LogP contribution in [0.2, 0.25) is 0 Å². The van der Waals surface area contributed by atoms with E-state index in [1.54, 1.807) is 4.68 Å². The summed E-state index contributed by atoms with van der Waals surface area (Å²) in [7, 11) is 1.88. The summed E-state index contributed by atoms with van der Waals surface area (Å²) >= 11 is 0. The summed E-state index contributed by atoms with van der Waals surface area (Å²) in [4.78, 5) is 20.0. The van der Waals surface area contributed by atoms with Crippen molar-refractivity contribution in [2.45, 2.75) is 44.4 Å². The Hall–Kier alpha value is -2.70. The third-order valence-corrected chi connectivity index (χ3v) is 6.20. The SMILES string of the molecule is Cc1nc(C2(CC3CC3)CCCN(C(=O)c3nn(C)c4ccccc34)C2)no1. The van der Waals surface area contributed by atoms with Gasteiger partial charge in [-0.15, -0.1) is 0 Å². The number of fused-ring (bicyclic) bond motifs is 1. The second-order valence-electron chi connectivity index (χ2n) is 8.38. The number of nitrogens with zero attached hydrogens (tertiary/aromatic N) is 5. The number of benzene rings is 1. The molecule has 0 radical (unpaired) electrons. The van der Waals surface area contributed by atoms with Crippen molar-refractivity contribution in [3.8, 4) is 0 Å². The predicted octanol–water partition coefficient (Wildman–Crippen LogP) is 3.24. The van der Waals surface area contributed by atoms with Crippen molar-refractivity contribution in [3.63, 3.8) is 0 Å².